The first-order valence-corrected chi connectivity index (χ1v) is 11.9. The summed E-state index contributed by atoms with van der Waals surface area (Å²) in [5, 5.41) is 4.37. The molecular weight excluding hydrogens is 414 g/mol. The fourth-order valence-corrected chi connectivity index (χ4v) is 4.75. The summed E-state index contributed by atoms with van der Waals surface area (Å²) in [4.78, 5) is 19.2. The number of pyridine rings is 1. The van der Waals surface area contributed by atoms with Crippen molar-refractivity contribution in [3.63, 3.8) is 0 Å². The fourth-order valence-electron chi connectivity index (χ4n) is 4.75. The lowest BCUT2D eigenvalue weighted by Gasteiger charge is -2.34. The average molecular weight is 446 g/mol. The molecule has 2 saturated heterocycles. The summed E-state index contributed by atoms with van der Waals surface area (Å²) in [6, 6.07) is 16.6. The molecule has 0 saturated carbocycles. The van der Waals surface area contributed by atoms with Crippen LogP contribution in [0.3, 0.4) is 0 Å². The Labute approximate surface area is 194 Å². The lowest BCUT2D eigenvalue weighted by Crippen LogP contribution is -2.51. The first-order valence-electron chi connectivity index (χ1n) is 11.9. The maximum Gasteiger partial charge on any atom is 0.266 e. The molecule has 1 unspecified atom stereocenters. The second-order valence-corrected chi connectivity index (χ2v) is 8.89. The molecule has 5 rings (SSSR count). The van der Waals surface area contributed by atoms with E-state index in [0.717, 1.165) is 54.4 Å². The van der Waals surface area contributed by atoms with Crippen molar-refractivity contribution in [2.45, 2.75) is 44.9 Å². The van der Waals surface area contributed by atoms with E-state index in [0.29, 0.717) is 19.7 Å². The number of nitrogens with one attached hydrogen (secondary N) is 1. The lowest BCUT2D eigenvalue weighted by molar-refractivity contribution is -0.147. The van der Waals surface area contributed by atoms with Crippen molar-refractivity contribution in [2.75, 3.05) is 26.2 Å². The average Bonchev–Trinajstić information content (AvgIpc) is 3.15. The molecule has 33 heavy (non-hydrogen) atoms. The standard InChI is InChI=1S/C27H31N3O3/c1-19-24(11-8-21-5-4-15-28-25(19)21)20-6-9-22(10-7-20)33-23-12-16-30(17-13-23)27(31)26-29-14-2-3-18-32-26/h4-11,15,23,26,29H,2-3,12-14,16-18H2,1H3. The molecule has 3 heterocycles. The van der Waals surface area contributed by atoms with Gasteiger partial charge >= 0.3 is 0 Å². The predicted octanol–water partition coefficient (Wildman–Crippen LogP) is 4.31. The van der Waals surface area contributed by atoms with Crippen molar-refractivity contribution in [2.24, 2.45) is 0 Å². The SMILES string of the molecule is Cc1c(-c2ccc(OC3CCN(C(=O)C4NCCCCO4)CC3)cc2)ccc2cccnc12. The molecule has 6 nitrogen and oxygen atoms in total. The van der Waals surface area contributed by atoms with E-state index in [1.165, 1.54) is 11.1 Å². The maximum atomic E-state index is 12.7. The van der Waals surface area contributed by atoms with Crippen LogP contribution < -0.4 is 10.1 Å². The van der Waals surface area contributed by atoms with E-state index >= 15 is 0 Å². The highest BCUT2D eigenvalue weighted by Crippen LogP contribution is 2.30. The number of aryl methyl sites for hydroxylation is 1. The lowest BCUT2D eigenvalue weighted by atomic mass is 9.98. The monoisotopic (exact) mass is 445 g/mol. The molecule has 0 bridgehead atoms. The number of amides is 1. The minimum atomic E-state index is -0.494. The molecule has 2 aliphatic rings. The van der Waals surface area contributed by atoms with Gasteiger partial charge < -0.3 is 14.4 Å². The largest absolute Gasteiger partial charge is 0.490 e. The van der Waals surface area contributed by atoms with E-state index in [1.54, 1.807) is 0 Å². The Balaban J connectivity index is 1.19. The zero-order valence-electron chi connectivity index (χ0n) is 19.1. The van der Waals surface area contributed by atoms with E-state index < -0.39 is 6.23 Å². The normalized spacial score (nSPS) is 19.9. The van der Waals surface area contributed by atoms with E-state index in [2.05, 4.69) is 47.6 Å². The van der Waals surface area contributed by atoms with Gasteiger partial charge in [-0.15, -0.1) is 0 Å². The van der Waals surface area contributed by atoms with Crippen molar-refractivity contribution < 1.29 is 14.3 Å². The smallest absolute Gasteiger partial charge is 0.266 e. The molecule has 1 N–H and O–H groups in total. The fraction of sp³-hybridized carbons (Fsp3) is 0.407. The number of hydrogen-bond donors (Lipinski definition) is 1. The van der Waals surface area contributed by atoms with Crippen LogP contribution in [-0.2, 0) is 9.53 Å². The number of fused-ring (bicyclic) bond motifs is 1. The second-order valence-electron chi connectivity index (χ2n) is 8.89. The third-order valence-electron chi connectivity index (χ3n) is 6.66. The maximum absolute atomic E-state index is 12.7. The molecule has 3 aromatic rings. The van der Waals surface area contributed by atoms with Crippen molar-refractivity contribution in [3.8, 4) is 16.9 Å². The van der Waals surface area contributed by atoms with Crippen LogP contribution in [0, 0.1) is 6.92 Å². The number of aromatic nitrogens is 1. The number of likely N-dealkylation sites (tertiary alicyclic amines) is 1. The third kappa shape index (κ3) is 4.87. The first kappa shape index (κ1) is 21.9. The Morgan fingerprint density at radius 2 is 1.91 bits per heavy atom. The van der Waals surface area contributed by atoms with Gasteiger partial charge in [0.05, 0.1) is 5.52 Å². The second kappa shape index (κ2) is 9.89. The van der Waals surface area contributed by atoms with Crippen LogP contribution in [0.4, 0.5) is 0 Å². The number of benzene rings is 2. The number of ether oxygens (including phenoxy) is 2. The van der Waals surface area contributed by atoms with Gasteiger partial charge in [0, 0.05) is 44.1 Å². The molecule has 0 spiro atoms. The van der Waals surface area contributed by atoms with Crippen LogP contribution in [0.15, 0.2) is 54.7 Å². The molecule has 1 aromatic heterocycles. The van der Waals surface area contributed by atoms with Crippen LogP contribution in [0.5, 0.6) is 5.75 Å². The first-order chi connectivity index (χ1) is 16.2. The van der Waals surface area contributed by atoms with Crippen LogP contribution in [0.25, 0.3) is 22.0 Å². The highest BCUT2D eigenvalue weighted by molar-refractivity contribution is 5.88. The Morgan fingerprint density at radius 3 is 2.73 bits per heavy atom. The minimum Gasteiger partial charge on any atom is -0.490 e. The molecule has 1 atom stereocenters. The zero-order valence-corrected chi connectivity index (χ0v) is 19.1. The highest BCUT2D eigenvalue weighted by atomic mass is 16.5. The minimum absolute atomic E-state index is 0.0555. The molecule has 2 aromatic carbocycles. The van der Waals surface area contributed by atoms with Gasteiger partial charge in [0.1, 0.15) is 11.9 Å². The Bertz CT molecular complexity index is 1100. The van der Waals surface area contributed by atoms with Gasteiger partial charge in [-0.05, 0) is 61.2 Å². The molecule has 1 amide bonds. The molecule has 172 valence electrons. The molecular formula is C27H31N3O3. The van der Waals surface area contributed by atoms with Gasteiger partial charge in [0.2, 0.25) is 0 Å². The van der Waals surface area contributed by atoms with E-state index in [4.69, 9.17) is 9.47 Å². The molecule has 2 fully saturated rings. The molecule has 2 aliphatic heterocycles. The predicted molar refractivity (Wildman–Crippen MR) is 129 cm³/mol. The zero-order chi connectivity index (χ0) is 22.6. The Hall–Kier alpha value is -2.96. The van der Waals surface area contributed by atoms with Gasteiger partial charge in [0.15, 0.2) is 6.23 Å². The summed E-state index contributed by atoms with van der Waals surface area (Å²) in [5.41, 5.74) is 4.57. The highest BCUT2D eigenvalue weighted by Gasteiger charge is 2.30. The molecule has 6 heteroatoms. The summed E-state index contributed by atoms with van der Waals surface area (Å²) in [6.45, 7) is 5.01. The van der Waals surface area contributed by atoms with E-state index in [9.17, 15) is 4.79 Å². The van der Waals surface area contributed by atoms with E-state index in [1.807, 2.05) is 29.3 Å². The number of carbonyl (C=O) groups excluding carboxylic acids is 1. The summed E-state index contributed by atoms with van der Waals surface area (Å²) >= 11 is 0. The number of piperidine rings is 1. The number of rotatable bonds is 4. The quantitative estimate of drug-likeness (QED) is 0.649. The van der Waals surface area contributed by atoms with Crippen LogP contribution in [0.2, 0.25) is 0 Å². The Kier molecular flexibility index (Phi) is 6.55. The molecule has 0 aliphatic carbocycles. The Morgan fingerprint density at radius 1 is 1.09 bits per heavy atom. The van der Waals surface area contributed by atoms with Crippen molar-refractivity contribution >= 4 is 16.8 Å². The molecule has 0 radical (unpaired) electrons. The number of nitrogens with zero attached hydrogens (tertiary/aromatic N) is 2. The topological polar surface area (TPSA) is 63.7 Å². The number of hydrogen-bond acceptors (Lipinski definition) is 5. The van der Waals surface area contributed by atoms with Gasteiger partial charge in [-0.1, -0.05) is 30.3 Å². The van der Waals surface area contributed by atoms with Crippen LogP contribution in [0.1, 0.15) is 31.2 Å². The summed E-state index contributed by atoms with van der Waals surface area (Å²) in [6.07, 6.45) is 5.18. The summed E-state index contributed by atoms with van der Waals surface area (Å²) in [5.74, 6) is 0.925. The van der Waals surface area contributed by atoms with Gasteiger partial charge in [-0.25, -0.2) is 0 Å². The van der Waals surface area contributed by atoms with E-state index in [-0.39, 0.29) is 12.0 Å². The third-order valence-corrected chi connectivity index (χ3v) is 6.66. The van der Waals surface area contributed by atoms with Crippen LogP contribution in [-0.4, -0.2) is 54.4 Å². The van der Waals surface area contributed by atoms with Crippen LogP contribution >= 0.6 is 0 Å². The number of carbonyl (C=O) groups is 1. The van der Waals surface area contributed by atoms with Gasteiger partial charge in [-0.2, -0.15) is 0 Å². The van der Waals surface area contributed by atoms with Crippen molar-refractivity contribution in [1.82, 2.24) is 15.2 Å². The van der Waals surface area contributed by atoms with Crippen molar-refractivity contribution in [3.05, 3.63) is 60.3 Å². The van der Waals surface area contributed by atoms with Crippen molar-refractivity contribution in [1.29, 1.82) is 0 Å². The summed E-state index contributed by atoms with van der Waals surface area (Å²) < 4.78 is 11.9. The van der Waals surface area contributed by atoms with Gasteiger partial charge in [-0.3, -0.25) is 15.1 Å². The summed E-state index contributed by atoms with van der Waals surface area (Å²) in [7, 11) is 0. The van der Waals surface area contributed by atoms with Gasteiger partial charge in [0.25, 0.3) is 5.91 Å².